The highest BCUT2D eigenvalue weighted by Gasteiger charge is 2.09. The molecule has 0 fully saturated rings. The summed E-state index contributed by atoms with van der Waals surface area (Å²) in [6.45, 7) is 0. The maximum absolute atomic E-state index is 10.6. The minimum atomic E-state index is -0.881. The lowest BCUT2D eigenvalue weighted by Crippen LogP contribution is -2.17. The minimum Gasteiger partial charge on any atom is -0.391 e. The maximum Gasteiger partial charge on any atom is 0.411 e. The van der Waals surface area contributed by atoms with Crippen LogP contribution in [0.1, 0.15) is 0 Å². The number of nitrogens with zero attached hydrogens (tertiary/aromatic N) is 3. The third kappa shape index (κ3) is 1.26. The molecule has 6 heteroatoms. The number of hydrogen-bond donors (Lipinski definition) is 1. The van der Waals surface area contributed by atoms with Gasteiger partial charge in [0, 0.05) is 13.2 Å². The highest BCUT2D eigenvalue weighted by atomic mass is 16.6. The second-order valence-corrected chi connectivity index (χ2v) is 2.76. The Morgan fingerprint density at radius 1 is 1.57 bits per heavy atom. The number of nitrogens with two attached hydrogens (primary N) is 1. The first kappa shape index (κ1) is 8.49. The van der Waals surface area contributed by atoms with E-state index in [4.69, 9.17) is 10.5 Å². The van der Waals surface area contributed by atoms with E-state index in [2.05, 4.69) is 9.97 Å². The van der Waals surface area contributed by atoms with Gasteiger partial charge in [-0.25, -0.2) is 14.8 Å². The van der Waals surface area contributed by atoms with Gasteiger partial charge >= 0.3 is 6.09 Å². The van der Waals surface area contributed by atoms with Crippen LogP contribution in [-0.4, -0.2) is 20.6 Å². The predicted molar refractivity (Wildman–Crippen MR) is 48.7 cm³/mol. The van der Waals surface area contributed by atoms with Crippen LogP contribution >= 0.6 is 0 Å². The van der Waals surface area contributed by atoms with Crippen LogP contribution in [0.2, 0.25) is 0 Å². The summed E-state index contributed by atoms with van der Waals surface area (Å²) in [7, 11) is 1.84. The first-order valence-corrected chi connectivity index (χ1v) is 3.92. The molecule has 0 unspecified atom stereocenters. The van der Waals surface area contributed by atoms with Crippen LogP contribution in [0, 0.1) is 0 Å². The molecule has 2 rings (SSSR count). The fourth-order valence-electron chi connectivity index (χ4n) is 1.23. The van der Waals surface area contributed by atoms with Crippen molar-refractivity contribution in [3.63, 3.8) is 0 Å². The number of ether oxygens (including phenoxy) is 1. The molecule has 72 valence electrons. The van der Waals surface area contributed by atoms with Gasteiger partial charge < -0.3 is 15.0 Å². The van der Waals surface area contributed by atoms with Crippen molar-refractivity contribution in [3.8, 4) is 5.88 Å². The molecule has 0 aliphatic rings. The van der Waals surface area contributed by atoms with Crippen LogP contribution in [0.5, 0.6) is 5.88 Å². The average Bonchev–Trinajstić information content (AvgIpc) is 2.49. The van der Waals surface area contributed by atoms with Gasteiger partial charge in [-0.1, -0.05) is 0 Å². The van der Waals surface area contributed by atoms with Gasteiger partial charge in [0.15, 0.2) is 0 Å². The average molecular weight is 192 g/mol. The molecule has 6 nitrogen and oxygen atoms in total. The number of aryl methyl sites for hydroxylation is 1. The summed E-state index contributed by atoms with van der Waals surface area (Å²) in [5.74, 6) is 0.183. The van der Waals surface area contributed by atoms with Crippen LogP contribution in [0.4, 0.5) is 4.79 Å². The van der Waals surface area contributed by atoms with E-state index in [0.717, 1.165) is 0 Å². The van der Waals surface area contributed by atoms with Crippen molar-refractivity contribution in [3.05, 3.63) is 18.6 Å². The van der Waals surface area contributed by atoms with E-state index in [-0.39, 0.29) is 5.88 Å². The largest absolute Gasteiger partial charge is 0.411 e. The first-order chi connectivity index (χ1) is 6.68. The van der Waals surface area contributed by atoms with Gasteiger partial charge in [-0.3, -0.25) is 0 Å². The quantitative estimate of drug-likeness (QED) is 0.710. The second-order valence-electron chi connectivity index (χ2n) is 2.76. The Hall–Kier alpha value is -2.11. The number of hydrogen-bond acceptors (Lipinski definition) is 4. The molecule has 0 spiro atoms. The van der Waals surface area contributed by atoms with Crippen molar-refractivity contribution in [2.75, 3.05) is 0 Å². The second kappa shape index (κ2) is 2.99. The summed E-state index contributed by atoms with van der Waals surface area (Å²) in [4.78, 5) is 18.4. The van der Waals surface area contributed by atoms with Gasteiger partial charge in [-0.05, 0) is 6.07 Å². The summed E-state index contributed by atoms with van der Waals surface area (Å²) in [5.41, 5.74) is 5.58. The molecule has 0 atom stereocenters. The van der Waals surface area contributed by atoms with Gasteiger partial charge in [0.05, 0.1) is 5.39 Å². The van der Waals surface area contributed by atoms with E-state index in [1.54, 1.807) is 16.8 Å². The fraction of sp³-hybridized carbons (Fsp3) is 0.125. The third-order valence-electron chi connectivity index (χ3n) is 1.82. The molecule has 14 heavy (non-hydrogen) atoms. The zero-order valence-corrected chi connectivity index (χ0v) is 7.47. The number of aromatic nitrogens is 3. The molecular formula is C8H8N4O2. The lowest BCUT2D eigenvalue weighted by molar-refractivity contribution is 0.209. The number of rotatable bonds is 1. The van der Waals surface area contributed by atoms with E-state index in [9.17, 15) is 4.79 Å². The standard InChI is InChI=1S/C8H8N4O2/c1-12-3-2-5-6(12)10-4-11-7(5)14-8(9)13/h2-4H,1H3,(H2,9,13). The number of primary amides is 1. The van der Waals surface area contributed by atoms with E-state index in [0.29, 0.717) is 11.0 Å². The van der Waals surface area contributed by atoms with Crippen molar-refractivity contribution in [2.24, 2.45) is 12.8 Å². The molecule has 0 bridgehead atoms. The number of amides is 1. The molecule has 0 aliphatic heterocycles. The summed E-state index contributed by atoms with van der Waals surface area (Å²) >= 11 is 0. The summed E-state index contributed by atoms with van der Waals surface area (Å²) in [6, 6.07) is 1.76. The molecule has 0 saturated heterocycles. The number of carbonyl (C=O) groups is 1. The molecular weight excluding hydrogens is 184 g/mol. The van der Waals surface area contributed by atoms with Gasteiger partial charge in [-0.15, -0.1) is 0 Å². The lowest BCUT2D eigenvalue weighted by Gasteiger charge is -2.00. The SMILES string of the molecule is Cn1ccc2c(OC(N)=O)ncnc21. The zero-order chi connectivity index (χ0) is 10.1. The molecule has 0 aliphatic carbocycles. The van der Waals surface area contributed by atoms with E-state index < -0.39 is 6.09 Å². The van der Waals surface area contributed by atoms with Crippen molar-refractivity contribution in [1.82, 2.24) is 14.5 Å². The topological polar surface area (TPSA) is 83.0 Å². The first-order valence-electron chi connectivity index (χ1n) is 3.92. The maximum atomic E-state index is 10.6. The van der Waals surface area contributed by atoms with Gasteiger partial charge in [0.25, 0.3) is 0 Å². The molecule has 1 amide bonds. The fourth-order valence-corrected chi connectivity index (χ4v) is 1.23. The summed E-state index contributed by atoms with van der Waals surface area (Å²) in [6.07, 6.45) is 2.24. The van der Waals surface area contributed by atoms with E-state index in [1.165, 1.54) is 6.33 Å². The molecule has 0 radical (unpaired) electrons. The van der Waals surface area contributed by atoms with Crippen LogP contribution in [-0.2, 0) is 7.05 Å². The number of carbonyl (C=O) groups excluding carboxylic acids is 1. The zero-order valence-electron chi connectivity index (χ0n) is 7.47. The van der Waals surface area contributed by atoms with Crippen molar-refractivity contribution in [1.29, 1.82) is 0 Å². The Labute approximate surface area is 79.3 Å². The van der Waals surface area contributed by atoms with Gasteiger partial charge in [0.1, 0.15) is 12.0 Å². The Bertz CT molecular complexity index is 491. The van der Waals surface area contributed by atoms with Gasteiger partial charge in [0.2, 0.25) is 5.88 Å². The Balaban J connectivity index is 2.59. The monoisotopic (exact) mass is 192 g/mol. The molecule has 2 N–H and O–H groups in total. The Morgan fingerprint density at radius 2 is 2.36 bits per heavy atom. The Kier molecular flexibility index (Phi) is 1.81. The van der Waals surface area contributed by atoms with E-state index >= 15 is 0 Å². The number of fused-ring (bicyclic) bond motifs is 1. The van der Waals surface area contributed by atoms with Crippen molar-refractivity contribution < 1.29 is 9.53 Å². The van der Waals surface area contributed by atoms with E-state index in [1.807, 2.05) is 7.05 Å². The minimum absolute atomic E-state index is 0.183. The third-order valence-corrected chi connectivity index (χ3v) is 1.82. The highest BCUT2D eigenvalue weighted by molar-refractivity contribution is 5.83. The molecule has 0 saturated carbocycles. The van der Waals surface area contributed by atoms with Crippen molar-refractivity contribution in [2.45, 2.75) is 0 Å². The predicted octanol–water partition coefficient (Wildman–Crippen LogP) is 0.426. The summed E-state index contributed by atoms with van der Waals surface area (Å²) in [5, 5.41) is 0.661. The van der Waals surface area contributed by atoms with Crippen LogP contribution in [0.3, 0.4) is 0 Å². The molecule has 2 heterocycles. The highest BCUT2D eigenvalue weighted by Crippen LogP contribution is 2.21. The van der Waals surface area contributed by atoms with Gasteiger partial charge in [-0.2, -0.15) is 0 Å². The summed E-state index contributed by atoms with van der Waals surface area (Å²) < 4.78 is 6.51. The lowest BCUT2D eigenvalue weighted by atomic mass is 10.4. The molecule has 2 aromatic rings. The Morgan fingerprint density at radius 3 is 3.07 bits per heavy atom. The normalized spacial score (nSPS) is 10.4. The molecule has 0 aromatic carbocycles. The molecule has 2 aromatic heterocycles. The van der Waals surface area contributed by atoms with Crippen molar-refractivity contribution >= 4 is 17.1 Å². The van der Waals surface area contributed by atoms with Crippen LogP contribution in [0.15, 0.2) is 18.6 Å². The van der Waals surface area contributed by atoms with Crippen LogP contribution < -0.4 is 10.5 Å². The smallest absolute Gasteiger partial charge is 0.391 e. The van der Waals surface area contributed by atoms with Crippen LogP contribution in [0.25, 0.3) is 11.0 Å².